The Morgan fingerprint density at radius 1 is 1.29 bits per heavy atom. The van der Waals surface area contributed by atoms with Crippen molar-refractivity contribution in [3.8, 4) is 0 Å². The number of unbranched alkanes of at least 4 members (excludes halogenated alkanes) is 2. The Kier molecular flexibility index (Phi) is 9.21. The van der Waals surface area contributed by atoms with Gasteiger partial charge in [0.15, 0.2) is 0 Å². The number of hydrogen-bond donors (Lipinski definition) is 1. The molecule has 28 heavy (non-hydrogen) atoms. The maximum Gasteiger partial charge on any atom is 0.338 e. The lowest BCUT2D eigenvalue weighted by molar-refractivity contribution is -0.128. The summed E-state index contributed by atoms with van der Waals surface area (Å²) in [5, 5.41) is 10.1. The molecule has 5 heteroatoms. The molecule has 5 nitrogen and oxygen atoms in total. The van der Waals surface area contributed by atoms with E-state index in [1.165, 1.54) is 0 Å². The fourth-order valence-corrected chi connectivity index (χ4v) is 3.47. The molecule has 0 bridgehead atoms. The molecule has 1 amide bonds. The van der Waals surface area contributed by atoms with Crippen LogP contribution < -0.4 is 0 Å². The third-order valence-corrected chi connectivity index (χ3v) is 5.14. The number of amides is 1. The Hall–Kier alpha value is -2.14. The van der Waals surface area contributed by atoms with Crippen molar-refractivity contribution in [3.05, 3.63) is 47.5 Å². The summed E-state index contributed by atoms with van der Waals surface area (Å²) in [5.41, 5.74) is 1.62. The van der Waals surface area contributed by atoms with Crippen LogP contribution in [-0.2, 0) is 16.0 Å². The van der Waals surface area contributed by atoms with E-state index in [0.29, 0.717) is 25.1 Å². The number of carbonyl (C=O) groups is 2. The van der Waals surface area contributed by atoms with Crippen LogP contribution in [0.5, 0.6) is 0 Å². The van der Waals surface area contributed by atoms with E-state index in [2.05, 4.69) is 6.92 Å². The minimum absolute atomic E-state index is 0.0622. The first-order valence-corrected chi connectivity index (χ1v) is 10.5. The third-order valence-electron chi connectivity index (χ3n) is 5.14. The van der Waals surface area contributed by atoms with Crippen molar-refractivity contribution in [3.63, 3.8) is 0 Å². The molecule has 1 heterocycles. The van der Waals surface area contributed by atoms with Crippen LogP contribution in [0.2, 0.25) is 0 Å². The standard InChI is InChI=1S/C23H33NO4/c1-3-5-6-7-21(25)14-12-20-13-15-22(26)24(20)17-16-18-8-10-19(11-9-18)23(27)28-4-2/h8-12,14,20-21,25H,3-7,13,15-17H2,1-2H3/b14-12+/t20?,21-/m1/s1. The maximum absolute atomic E-state index is 12.2. The quantitative estimate of drug-likeness (QED) is 0.355. The molecule has 2 rings (SSSR count). The number of aliphatic hydroxyl groups is 1. The number of likely N-dealkylation sites (tertiary alicyclic amines) is 1. The van der Waals surface area contributed by atoms with Gasteiger partial charge in [0.1, 0.15) is 0 Å². The van der Waals surface area contributed by atoms with Crippen LogP contribution in [0.15, 0.2) is 36.4 Å². The molecule has 1 aliphatic heterocycles. The van der Waals surface area contributed by atoms with Gasteiger partial charge in [-0.1, -0.05) is 50.5 Å². The van der Waals surface area contributed by atoms with Crippen LogP contribution >= 0.6 is 0 Å². The lowest BCUT2D eigenvalue weighted by Crippen LogP contribution is -2.33. The third kappa shape index (κ3) is 6.79. The van der Waals surface area contributed by atoms with Gasteiger partial charge in [0, 0.05) is 13.0 Å². The van der Waals surface area contributed by atoms with Crippen LogP contribution in [0.1, 0.15) is 68.3 Å². The van der Waals surface area contributed by atoms with Crippen molar-refractivity contribution in [2.75, 3.05) is 13.2 Å². The maximum atomic E-state index is 12.2. The Morgan fingerprint density at radius 2 is 2.04 bits per heavy atom. The average Bonchev–Trinajstić information content (AvgIpc) is 3.05. The van der Waals surface area contributed by atoms with E-state index in [9.17, 15) is 14.7 Å². The highest BCUT2D eigenvalue weighted by atomic mass is 16.5. The summed E-state index contributed by atoms with van der Waals surface area (Å²) in [7, 11) is 0. The predicted octanol–water partition coefficient (Wildman–Crippen LogP) is 3.89. The Morgan fingerprint density at radius 3 is 2.71 bits per heavy atom. The highest BCUT2D eigenvalue weighted by Crippen LogP contribution is 2.21. The van der Waals surface area contributed by atoms with E-state index in [1.807, 2.05) is 29.2 Å². The average molecular weight is 388 g/mol. The summed E-state index contributed by atoms with van der Waals surface area (Å²) in [6.45, 7) is 4.93. The smallest absolute Gasteiger partial charge is 0.338 e. The van der Waals surface area contributed by atoms with E-state index in [-0.39, 0.29) is 17.9 Å². The molecule has 154 valence electrons. The predicted molar refractivity (Wildman–Crippen MR) is 110 cm³/mol. The summed E-state index contributed by atoms with van der Waals surface area (Å²) in [6.07, 6.45) is 9.58. The summed E-state index contributed by atoms with van der Waals surface area (Å²) in [4.78, 5) is 25.9. The monoisotopic (exact) mass is 387 g/mol. The molecule has 0 saturated carbocycles. The first kappa shape index (κ1) is 22.2. The zero-order valence-corrected chi connectivity index (χ0v) is 17.1. The van der Waals surface area contributed by atoms with Crippen LogP contribution in [0, 0.1) is 0 Å². The molecule has 1 aliphatic rings. The molecule has 0 spiro atoms. The van der Waals surface area contributed by atoms with Crippen LogP contribution in [0.4, 0.5) is 0 Å². The van der Waals surface area contributed by atoms with Gasteiger partial charge in [-0.3, -0.25) is 4.79 Å². The second-order valence-corrected chi connectivity index (χ2v) is 7.31. The van der Waals surface area contributed by atoms with Gasteiger partial charge in [-0.2, -0.15) is 0 Å². The molecule has 0 radical (unpaired) electrons. The van der Waals surface area contributed by atoms with E-state index in [1.54, 1.807) is 19.1 Å². The molecule has 1 N–H and O–H groups in total. The highest BCUT2D eigenvalue weighted by molar-refractivity contribution is 5.89. The van der Waals surface area contributed by atoms with Crippen molar-refractivity contribution >= 4 is 11.9 Å². The molecule has 0 aliphatic carbocycles. The van der Waals surface area contributed by atoms with Crippen LogP contribution in [0.25, 0.3) is 0 Å². The van der Waals surface area contributed by atoms with E-state index in [0.717, 1.165) is 44.1 Å². The summed E-state index contributed by atoms with van der Waals surface area (Å²) < 4.78 is 4.99. The van der Waals surface area contributed by atoms with Crippen molar-refractivity contribution in [1.29, 1.82) is 0 Å². The second kappa shape index (κ2) is 11.6. The molecule has 1 fully saturated rings. The Labute approximate surface area is 168 Å². The first-order chi connectivity index (χ1) is 13.5. The van der Waals surface area contributed by atoms with E-state index >= 15 is 0 Å². The van der Waals surface area contributed by atoms with E-state index < -0.39 is 6.10 Å². The largest absolute Gasteiger partial charge is 0.462 e. The van der Waals surface area contributed by atoms with Crippen molar-refractivity contribution < 1.29 is 19.4 Å². The van der Waals surface area contributed by atoms with Gasteiger partial charge in [-0.25, -0.2) is 4.79 Å². The van der Waals surface area contributed by atoms with Gasteiger partial charge in [-0.15, -0.1) is 0 Å². The second-order valence-electron chi connectivity index (χ2n) is 7.31. The Bertz CT molecular complexity index is 653. The number of ether oxygens (including phenoxy) is 1. The number of rotatable bonds is 11. The fourth-order valence-electron chi connectivity index (χ4n) is 3.47. The zero-order valence-electron chi connectivity index (χ0n) is 17.1. The van der Waals surface area contributed by atoms with Gasteiger partial charge in [0.05, 0.1) is 24.3 Å². The van der Waals surface area contributed by atoms with Gasteiger partial charge in [0.2, 0.25) is 5.91 Å². The number of benzene rings is 1. The number of aliphatic hydroxyl groups excluding tert-OH is 1. The molecular weight excluding hydrogens is 354 g/mol. The molecule has 1 unspecified atom stereocenters. The van der Waals surface area contributed by atoms with Crippen molar-refractivity contribution in [2.45, 2.75) is 70.9 Å². The lowest BCUT2D eigenvalue weighted by Gasteiger charge is -2.23. The number of esters is 1. The van der Waals surface area contributed by atoms with Gasteiger partial charge in [-0.05, 0) is 43.9 Å². The van der Waals surface area contributed by atoms with Crippen molar-refractivity contribution in [2.24, 2.45) is 0 Å². The first-order valence-electron chi connectivity index (χ1n) is 10.5. The number of nitrogens with zero attached hydrogens (tertiary/aromatic N) is 1. The minimum atomic E-state index is -0.431. The van der Waals surface area contributed by atoms with Crippen LogP contribution in [0.3, 0.4) is 0 Å². The summed E-state index contributed by atoms with van der Waals surface area (Å²) in [6, 6.07) is 7.42. The molecule has 0 aromatic heterocycles. The minimum Gasteiger partial charge on any atom is -0.462 e. The molecule has 1 aromatic rings. The Balaban J connectivity index is 1.87. The number of carbonyl (C=O) groups excluding carboxylic acids is 2. The van der Waals surface area contributed by atoms with Gasteiger partial charge >= 0.3 is 5.97 Å². The van der Waals surface area contributed by atoms with Crippen LogP contribution in [-0.4, -0.2) is 47.2 Å². The van der Waals surface area contributed by atoms with E-state index in [4.69, 9.17) is 4.74 Å². The van der Waals surface area contributed by atoms with Gasteiger partial charge in [0.25, 0.3) is 0 Å². The molecule has 1 saturated heterocycles. The highest BCUT2D eigenvalue weighted by Gasteiger charge is 2.28. The number of hydrogen-bond acceptors (Lipinski definition) is 4. The van der Waals surface area contributed by atoms with Crippen molar-refractivity contribution in [1.82, 2.24) is 4.90 Å². The SMILES string of the molecule is CCCCC[C@@H](O)/C=C/C1CCC(=O)N1CCc1ccc(C(=O)OCC)cc1. The topological polar surface area (TPSA) is 66.8 Å². The molecule has 2 atom stereocenters. The summed E-state index contributed by atoms with van der Waals surface area (Å²) in [5.74, 6) is -0.148. The molecular formula is C23H33NO4. The van der Waals surface area contributed by atoms with Gasteiger partial charge < -0.3 is 14.7 Å². The summed E-state index contributed by atoms with van der Waals surface area (Å²) >= 11 is 0. The molecule has 1 aromatic carbocycles. The lowest BCUT2D eigenvalue weighted by atomic mass is 10.1. The zero-order chi connectivity index (χ0) is 20.4. The normalized spacial score (nSPS) is 18.0. The fraction of sp³-hybridized carbons (Fsp3) is 0.565.